The van der Waals surface area contributed by atoms with E-state index < -0.39 is 0 Å². The summed E-state index contributed by atoms with van der Waals surface area (Å²) >= 11 is 0. The van der Waals surface area contributed by atoms with Gasteiger partial charge in [-0.05, 0) is 37.5 Å². The number of urea groups is 1. The Balaban J connectivity index is 1.60. The number of imidazole rings is 1. The van der Waals surface area contributed by atoms with E-state index in [0.29, 0.717) is 18.8 Å². The van der Waals surface area contributed by atoms with E-state index in [9.17, 15) is 9.18 Å². The van der Waals surface area contributed by atoms with Crippen molar-refractivity contribution in [2.75, 3.05) is 29.9 Å². The molecule has 0 aliphatic carbocycles. The average molecular weight is 331 g/mol. The van der Waals surface area contributed by atoms with Crippen LogP contribution in [0.4, 0.5) is 20.6 Å². The Morgan fingerprint density at radius 3 is 2.83 bits per heavy atom. The molecule has 1 fully saturated rings. The van der Waals surface area contributed by atoms with Gasteiger partial charge in [0, 0.05) is 38.6 Å². The van der Waals surface area contributed by atoms with Crippen molar-refractivity contribution in [2.24, 2.45) is 0 Å². The van der Waals surface area contributed by atoms with Gasteiger partial charge in [0.1, 0.15) is 5.82 Å². The van der Waals surface area contributed by atoms with E-state index in [1.165, 1.54) is 18.6 Å². The number of rotatable bonds is 5. The predicted molar refractivity (Wildman–Crippen MR) is 91.7 cm³/mol. The van der Waals surface area contributed by atoms with Crippen LogP contribution in [-0.2, 0) is 6.54 Å². The molecule has 2 heterocycles. The molecule has 0 unspecified atom stereocenters. The Bertz CT molecular complexity index is 668. The normalized spacial score (nSPS) is 14.5. The maximum atomic E-state index is 13.6. The van der Waals surface area contributed by atoms with E-state index in [-0.39, 0.29) is 11.8 Å². The molecular formula is C17H22FN5O. The van der Waals surface area contributed by atoms with Gasteiger partial charge in [-0.15, -0.1) is 0 Å². The summed E-state index contributed by atoms with van der Waals surface area (Å²) in [5, 5.41) is 5.55. The van der Waals surface area contributed by atoms with Gasteiger partial charge < -0.3 is 20.1 Å². The first kappa shape index (κ1) is 16.3. The zero-order chi connectivity index (χ0) is 16.8. The maximum Gasteiger partial charge on any atom is 0.319 e. The van der Waals surface area contributed by atoms with Gasteiger partial charge in [-0.25, -0.2) is 14.2 Å². The highest BCUT2D eigenvalue weighted by Crippen LogP contribution is 2.29. The van der Waals surface area contributed by atoms with Crippen molar-refractivity contribution in [3.05, 3.63) is 42.7 Å². The minimum atomic E-state index is -0.357. The highest BCUT2D eigenvalue weighted by atomic mass is 19.1. The van der Waals surface area contributed by atoms with Crippen molar-refractivity contribution in [1.82, 2.24) is 14.9 Å². The zero-order valence-corrected chi connectivity index (χ0v) is 13.5. The first-order chi connectivity index (χ1) is 11.7. The van der Waals surface area contributed by atoms with Gasteiger partial charge in [0.25, 0.3) is 0 Å². The van der Waals surface area contributed by atoms with Crippen LogP contribution in [0.5, 0.6) is 0 Å². The highest BCUT2D eigenvalue weighted by Gasteiger charge is 2.16. The molecule has 0 bridgehead atoms. The zero-order valence-electron chi connectivity index (χ0n) is 13.5. The summed E-state index contributed by atoms with van der Waals surface area (Å²) in [7, 11) is 0. The molecular weight excluding hydrogens is 309 g/mol. The second kappa shape index (κ2) is 7.81. The van der Waals surface area contributed by atoms with Gasteiger partial charge in [-0.1, -0.05) is 0 Å². The number of benzene rings is 1. The van der Waals surface area contributed by atoms with Crippen LogP contribution < -0.4 is 15.5 Å². The molecule has 1 aliphatic heterocycles. The number of hydrogen-bond donors (Lipinski definition) is 2. The largest absolute Gasteiger partial charge is 0.370 e. The molecule has 7 heteroatoms. The Kier molecular flexibility index (Phi) is 5.30. The molecule has 1 saturated heterocycles. The van der Waals surface area contributed by atoms with E-state index in [1.807, 2.05) is 10.8 Å². The summed E-state index contributed by atoms with van der Waals surface area (Å²) in [5.41, 5.74) is 1.39. The van der Waals surface area contributed by atoms with E-state index in [0.717, 1.165) is 31.6 Å². The molecule has 1 aromatic carbocycles. The number of nitrogens with zero attached hydrogens (tertiary/aromatic N) is 3. The van der Waals surface area contributed by atoms with Crippen LogP contribution in [-0.4, -0.2) is 35.2 Å². The molecule has 0 saturated carbocycles. The number of aromatic nitrogens is 2. The lowest BCUT2D eigenvalue weighted by Crippen LogP contribution is -2.33. The smallest absolute Gasteiger partial charge is 0.319 e. The van der Waals surface area contributed by atoms with E-state index in [1.54, 1.807) is 18.6 Å². The number of amides is 2. The number of anilines is 2. The first-order valence-corrected chi connectivity index (χ1v) is 8.27. The van der Waals surface area contributed by atoms with E-state index >= 15 is 0 Å². The van der Waals surface area contributed by atoms with E-state index in [4.69, 9.17) is 0 Å². The van der Waals surface area contributed by atoms with E-state index in [2.05, 4.69) is 20.5 Å². The lowest BCUT2D eigenvalue weighted by Gasteiger charge is -2.30. The number of nitrogens with one attached hydrogen (secondary N) is 2. The second-order valence-electron chi connectivity index (χ2n) is 5.89. The van der Waals surface area contributed by atoms with Crippen LogP contribution in [0.3, 0.4) is 0 Å². The summed E-state index contributed by atoms with van der Waals surface area (Å²) < 4.78 is 15.5. The first-order valence-electron chi connectivity index (χ1n) is 8.27. The van der Waals surface area contributed by atoms with Crippen LogP contribution in [0.1, 0.15) is 19.3 Å². The average Bonchev–Trinajstić information content (AvgIpc) is 3.09. The monoisotopic (exact) mass is 331 g/mol. The molecule has 24 heavy (non-hydrogen) atoms. The van der Waals surface area contributed by atoms with Gasteiger partial charge >= 0.3 is 6.03 Å². The molecule has 2 N–H and O–H groups in total. The third-order valence-electron chi connectivity index (χ3n) is 4.12. The summed E-state index contributed by atoms with van der Waals surface area (Å²) in [6, 6.07) is 4.21. The van der Waals surface area contributed by atoms with Crippen LogP contribution in [0.2, 0.25) is 0 Å². The highest BCUT2D eigenvalue weighted by molar-refractivity contribution is 5.93. The van der Waals surface area contributed by atoms with Crippen molar-refractivity contribution in [3.8, 4) is 0 Å². The molecule has 1 aromatic heterocycles. The Morgan fingerprint density at radius 1 is 1.25 bits per heavy atom. The molecule has 1 aliphatic rings. The number of carbonyl (C=O) groups excluding carboxylic acids is 1. The Labute approximate surface area is 140 Å². The fraction of sp³-hybridized carbons (Fsp3) is 0.412. The topological polar surface area (TPSA) is 62.2 Å². The van der Waals surface area contributed by atoms with Crippen LogP contribution >= 0.6 is 0 Å². The Morgan fingerprint density at radius 2 is 2.08 bits per heavy atom. The fourth-order valence-electron chi connectivity index (χ4n) is 2.90. The minimum Gasteiger partial charge on any atom is -0.370 e. The number of halogens is 1. The summed E-state index contributed by atoms with van der Waals surface area (Å²) in [6.07, 6.45) is 8.68. The third kappa shape index (κ3) is 4.24. The molecule has 0 spiro atoms. The standard InChI is InChI=1S/C17H22FN5O/c18-14-4-5-16(23-8-2-1-3-9-23)15(12-14)21-17(24)20-7-11-22-10-6-19-13-22/h4-6,10,12-13H,1-3,7-9,11H2,(H2,20,21,24). The molecule has 0 radical (unpaired) electrons. The molecule has 2 amide bonds. The van der Waals surface area contributed by atoms with Crippen molar-refractivity contribution in [3.63, 3.8) is 0 Å². The van der Waals surface area contributed by atoms with Gasteiger partial charge in [0.15, 0.2) is 0 Å². The van der Waals surface area contributed by atoms with Crippen LogP contribution in [0.15, 0.2) is 36.9 Å². The SMILES string of the molecule is O=C(NCCn1ccnc1)Nc1cc(F)ccc1N1CCCCC1. The molecule has 128 valence electrons. The minimum absolute atomic E-state index is 0.334. The predicted octanol–water partition coefficient (Wildman–Crippen LogP) is 2.83. The maximum absolute atomic E-state index is 13.6. The lowest BCUT2D eigenvalue weighted by molar-refractivity contribution is 0.251. The van der Waals surface area contributed by atoms with Crippen molar-refractivity contribution < 1.29 is 9.18 Å². The summed E-state index contributed by atoms with van der Waals surface area (Å²) in [4.78, 5) is 18.2. The van der Waals surface area contributed by atoms with Gasteiger partial charge in [-0.3, -0.25) is 0 Å². The molecule has 2 aromatic rings. The molecule has 3 rings (SSSR count). The van der Waals surface area contributed by atoms with Crippen LogP contribution in [0.25, 0.3) is 0 Å². The van der Waals surface area contributed by atoms with Gasteiger partial charge in [0.05, 0.1) is 17.7 Å². The third-order valence-corrected chi connectivity index (χ3v) is 4.12. The van der Waals surface area contributed by atoms with Crippen molar-refractivity contribution in [1.29, 1.82) is 0 Å². The van der Waals surface area contributed by atoms with Crippen molar-refractivity contribution in [2.45, 2.75) is 25.8 Å². The number of hydrogen-bond acceptors (Lipinski definition) is 3. The van der Waals surface area contributed by atoms with Crippen LogP contribution in [0, 0.1) is 5.82 Å². The van der Waals surface area contributed by atoms with Gasteiger partial charge in [0.2, 0.25) is 0 Å². The lowest BCUT2D eigenvalue weighted by atomic mass is 10.1. The molecule has 6 nitrogen and oxygen atoms in total. The quantitative estimate of drug-likeness (QED) is 0.885. The van der Waals surface area contributed by atoms with Gasteiger partial charge in [-0.2, -0.15) is 0 Å². The number of carbonyl (C=O) groups is 1. The molecule has 0 atom stereocenters. The second-order valence-corrected chi connectivity index (χ2v) is 5.89. The fourth-order valence-corrected chi connectivity index (χ4v) is 2.90. The summed E-state index contributed by atoms with van der Waals surface area (Å²) in [6.45, 7) is 2.97. The Hall–Kier alpha value is -2.57. The number of piperidine rings is 1. The van der Waals surface area contributed by atoms with Crippen molar-refractivity contribution >= 4 is 17.4 Å². The summed E-state index contributed by atoms with van der Waals surface area (Å²) in [5.74, 6) is -0.357.